The summed E-state index contributed by atoms with van der Waals surface area (Å²) in [5.74, 6) is 1.11. The van der Waals surface area contributed by atoms with Crippen molar-refractivity contribution >= 4 is 5.95 Å². The van der Waals surface area contributed by atoms with Crippen molar-refractivity contribution in [2.75, 3.05) is 5.32 Å². The Morgan fingerprint density at radius 1 is 1.28 bits per heavy atom. The van der Waals surface area contributed by atoms with Crippen molar-refractivity contribution < 1.29 is 0 Å². The van der Waals surface area contributed by atoms with E-state index < -0.39 is 0 Å². The lowest BCUT2D eigenvalue weighted by Crippen LogP contribution is -2.24. The van der Waals surface area contributed by atoms with Gasteiger partial charge in [-0.2, -0.15) is 0 Å². The van der Waals surface area contributed by atoms with Crippen molar-refractivity contribution in [3.05, 3.63) is 11.9 Å². The second kappa shape index (κ2) is 4.29. The van der Waals surface area contributed by atoms with E-state index in [4.69, 9.17) is 0 Å². The lowest BCUT2D eigenvalue weighted by Gasteiger charge is -2.24. The molecule has 0 saturated heterocycles. The van der Waals surface area contributed by atoms with Gasteiger partial charge in [-0.05, 0) is 31.6 Å². The van der Waals surface area contributed by atoms with E-state index in [0.717, 1.165) is 11.6 Å². The first-order chi connectivity index (χ1) is 8.56. The van der Waals surface area contributed by atoms with Crippen molar-refractivity contribution in [1.82, 2.24) is 9.55 Å². The zero-order chi connectivity index (χ0) is 12.8. The molecule has 1 N–H and O–H groups in total. The van der Waals surface area contributed by atoms with Gasteiger partial charge in [-0.15, -0.1) is 0 Å². The predicted octanol–water partition coefficient (Wildman–Crippen LogP) is 3.91. The smallest absolute Gasteiger partial charge is 0.203 e. The highest BCUT2D eigenvalue weighted by Crippen LogP contribution is 2.56. The van der Waals surface area contributed by atoms with E-state index in [0.29, 0.717) is 17.5 Å². The third-order valence-corrected chi connectivity index (χ3v) is 4.59. The first-order valence-electron chi connectivity index (χ1n) is 7.38. The summed E-state index contributed by atoms with van der Waals surface area (Å²) in [6.07, 6.45) is 10.2. The fourth-order valence-corrected chi connectivity index (χ4v) is 3.20. The Morgan fingerprint density at radius 2 is 1.94 bits per heavy atom. The highest BCUT2D eigenvalue weighted by atomic mass is 15.2. The van der Waals surface area contributed by atoms with Gasteiger partial charge in [-0.1, -0.05) is 33.1 Å². The number of aromatic nitrogens is 2. The largest absolute Gasteiger partial charge is 0.353 e. The van der Waals surface area contributed by atoms with Crippen molar-refractivity contribution in [2.24, 2.45) is 5.41 Å². The topological polar surface area (TPSA) is 29.9 Å². The zero-order valence-electron chi connectivity index (χ0n) is 11.9. The van der Waals surface area contributed by atoms with Gasteiger partial charge in [-0.3, -0.25) is 0 Å². The second-order valence-corrected chi connectivity index (χ2v) is 6.80. The average molecular weight is 247 g/mol. The van der Waals surface area contributed by atoms with Crippen molar-refractivity contribution in [2.45, 2.75) is 71.4 Å². The molecule has 1 aromatic heterocycles. The van der Waals surface area contributed by atoms with Gasteiger partial charge in [-0.25, -0.2) is 4.98 Å². The number of nitrogens with one attached hydrogen (secondary N) is 1. The quantitative estimate of drug-likeness (QED) is 0.877. The molecule has 100 valence electrons. The van der Waals surface area contributed by atoms with Gasteiger partial charge in [0.15, 0.2) is 0 Å². The van der Waals surface area contributed by atoms with Gasteiger partial charge in [0.1, 0.15) is 0 Å². The molecule has 1 atom stereocenters. The van der Waals surface area contributed by atoms with Crippen LogP contribution in [-0.2, 0) is 0 Å². The Hall–Kier alpha value is -0.990. The van der Waals surface area contributed by atoms with Crippen LogP contribution in [0.25, 0.3) is 0 Å². The van der Waals surface area contributed by atoms with Crippen LogP contribution in [0.1, 0.15) is 64.1 Å². The number of hydrogen-bond donors (Lipinski definition) is 1. The van der Waals surface area contributed by atoms with E-state index in [2.05, 4.69) is 41.8 Å². The molecule has 3 heteroatoms. The Balaban J connectivity index is 1.75. The zero-order valence-corrected chi connectivity index (χ0v) is 11.9. The number of anilines is 1. The van der Waals surface area contributed by atoms with E-state index in [9.17, 15) is 0 Å². The third-order valence-electron chi connectivity index (χ3n) is 4.59. The molecule has 2 saturated carbocycles. The van der Waals surface area contributed by atoms with Crippen LogP contribution < -0.4 is 5.32 Å². The minimum Gasteiger partial charge on any atom is -0.353 e. The van der Waals surface area contributed by atoms with Crippen molar-refractivity contribution in [1.29, 1.82) is 0 Å². The molecule has 3 nitrogen and oxygen atoms in total. The molecule has 3 rings (SSSR count). The van der Waals surface area contributed by atoms with E-state index in [1.165, 1.54) is 38.5 Å². The fraction of sp³-hybridized carbons (Fsp3) is 0.800. The monoisotopic (exact) mass is 247 g/mol. The molecular weight excluding hydrogens is 222 g/mol. The van der Waals surface area contributed by atoms with Crippen LogP contribution in [0.4, 0.5) is 5.95 Å². The van der Waals surface area contributed by atoms with Gasteiger partial charge in [0.25, 0.3) is 0 Å². The van der Waals surface area contributed by atoms with Gasteiger partial charge < -0.3 is 9.88 Å². The average Bonchev–Trinajstić information content (AvgIpc) is 2.79. The van der Waals surface area contributed by atoms with Crippen LogP contribution in [0.15, 0.2) is 6.20 Å². The standard InChI is InChI=1S/C15H25N3/c1-11-10-18(13-9-15(13,2)3)14(16-11)17-12-7-5-4-6-8-12/h10,12-13H,4-9H2,1-3H3,(H,16,17). The van der Waals surface area contributed by atoms with E-state index in [-0.39, 0.29) is 0 Å². The normalized spacial score (nSPS) is 27.2. The summed E-state index contributed by atoms with van der Waals surface area (Å²) in [4.78, 5) is 4.68. The summed E-state index contributed by atoms with van der Waals surface area (Å²) in [5, 5.41) is 3.68. The van der Waals surface area contributed by atoms with E-state index in [1.807, 2.05) is 0 Å². The van der Waals surface area contributed by atoms with Crippen molar-refractivity contribution in [3.63, 3.8) is 0 Å². The first-order valence-corrected chi connectivity index (χ1v) is 7.38. The van der Waals surface area contributed by atoms with Crippen LogP contribution in [0.5, 0.6) is 0 Å². The molecule has 0 aromatic carbocycles. The van der Waals surface area contributed by atoms with Crippen LogP contribution in [-0.4, -0.2) is 15.6 Å². The van der Waals surface area contributed by atoms with E-state index in [1.54, 1.807) is 0 Å². The number of nitrogens with zero attached hydrogens (tertiary/aromatic N) is 2. The molecule has 18 heavy (non-hydrogen) atoms. The molecule has 0 spiro atoms. The Morgan fingerprint density at radius 3 is 2.56 bits per heavy atom. The highest BCUT2D eigenvalue weighted by molar-refractivity contribution is 5.33. The van der Waals surface area contributed by atoms with Gasteiger partial charge in [0, 0.05) is 18.3 Å². The maximum Gasteiger partial charge on any atom is 0.203 e. The number of imidazole rings is 1. The molecule has 0 bridgehead atoms. The summed E-state index contributed by atoms with van der Waals surface area (Å²) in [7, 11) is 0. The predicted molar refractivity (Wildman–Crippen MR) is 74.9 cm³/mol. The summed E-state index contributed by atoms with van der Waals surface area (Å²) >= 11 is 0. The number of rotatable bonds is 3. The molecule has 1 unspecified atom stereocenters. The van der Waals surface area contributed by atoms with Gasteiger partial charge in [0.2, 0.25) is 5.95 Å². The summed E-state index contributed by atoms with van der Waals surface area (Å²) in [6, 6.07) is 1.28. The Labute approximate surface area is 110 Å². The second-order valence-electron chi connectivity index (χ2n) is 6.80. The fourth-order valence-electron chi connectivity index (χ4n) is 3.20. The third kappa shape index (κ3) is 2.27. The molecule has 0 radical (unpaired) electrons. The number of aryl methyl sites for hydroxylation is 1. The summed E-state index contributed by atoms with van der Waals surface area (Å²) in [6.45, 7) is 6.78. The minimum atomic E-state index is 0.454. The number of hydrogen-bond acceptors (Lipinski definition) is 2. The highest BCUT2D eigenvalue weighted by Gasteiger charge is 2.48. The molecule has 1 heterocycles. The summed E-state index contributed by atoms with van der Waals surface area (Å²) in [5.41, 5.74) is 1.59. The lowest BCUT2D eigenvalue weighted by atomic mass is 9.96. The lowest BCUT2D eigenvalue weighted by molar-refractivity contribution is 0.457. The van der Waals surface area contributed by atoms with Crippen molar-refractivity contribution in [3.8, 4) is 0 Å². The van der Waals surface area contributed by atoms with Gasteiger partial charge in [0.05, 0.1) is 5.69 Å². The molecule has 2 aliphatic rings. The molecular formula is C15H25N3. The molecule has 0 amide bonds. The SMILES string of the molecule is Cc1cn(C2CC2(C)C)c(NC2CCCCC2)n1. The van der Waals surface area contributed by atoms with Crippen LogP contribution in [0.3, 0.4) is 0 Å². The molecule has 1 aromatic rings. The van der Waals surface area contributed by atoms with Gasteiger partial charge >= 0.3 is 0 Å². The molecule has 2 aliphatic carbocycles. The van der Waals surface area contributed by atoms with Crippen LogP contribution in [0, 0.1) is 12.3 Å². The Bertz CT molecular complexity index is 427. The molecule has 0 aliphatic heterocycles. The van der Waals surface area contributed by atoms with E-state index >= 15 is 0 Å². The summed E-state index contributed by atoms with van der Waals surface area (Å²) < 4.78 is 2.38. The maximum atomic E-state index is 4.68. The van der Waals surface area contributed by atoms with Crippen LogP contribution >= 0.6 is 0 Å². The maximum absolute atomic E-state index is 4.68. The van der Waals surface area contributed by atoms with Crippen LogP contribution in [0.2, 0.25) is 0 Å². The molecule has 2 fully saturated rings. The Kier molecular flexibility index (Phi) is 2.87. The minimum absolute atomic E-state index is 0.454. The first kappa shape index (κ1) is 12.1.